The van der Waals surface area contributed by atoms with E-state index in [4.69, 9.17) is 9.47 Å². The van der Waals surface area contributed by atoms with Crippen LogP contribution in [0, 0.1) is 25.7 Å². The van der Waals surface area contributed by atoms with Crippen molar-refractivity contribution in [2.24, 2.45) is 11.8 Å². The van der Waals surface area contributed by atoms with Gasteiger partial charge >= 0.3 is 5.97 Å². The number of hydrogen-bond donors (Lipinski definition) is 0. The molecule has 1 saturated carbocycles. The van der Waals surface area contributed by atoms with Crippen LogP contribution in [-0.2, 0) is 14.3 Å². The smallest absolute Gasteiger partial charge is 0.340 e. The summed E-state index contributed by atoms with van der Waals surface area (Å²) < 4.78 is 11.6. The first kappa shape index (κ1) is 18.7. The van der Waals surface area contributed by atoms with Crippen LogP contribution in [0.1, 0.15) is 73.9 Å². The lowest BCUT2D eigenvalue weighted by molar-refractivity contribution is -0.166. The van der Waals surface area contributed by atoms with Gasteiger partial charge in [-0.25, -0.2) is 4.79 Å². The molecule has 25 heavy (non-hydrogen) atoms. The highest BCUT2D eigenvalue weighted by molar-refractivity contribution is 7.12. The first-order chi connectivity index (χ1) is 11.7. The third kappa shape index (κ3) is 3.70. The standard InChI is InChI=1S/C21H30O3S/c1-7-23-20(22)19(24-21(4,5)6)18-13(3)25-12(2)17(18)16-11-14-8-9-15(16)10-14/h11,14-15,19H,7-10H2,1-6H3. The number of ether oxygens (including phenoxy) is 2. The predicted molar refractivity (Wildman–Crippen MR) is 103 cm³/mol. The molecule has 1 aromatic heterocycles. The molecule has 0 aliphatic heterocycles. The normalized spacial score (nSPS) is 23.7. The highest BCUT2D eigenvalue weighted by Gasteiger charge is 2.39. The number of carbonyl (C=O) groups is 1. The van der Waals surface area contributed by atoms with Crippen molar-refractivity contribution in [2.45, 2.75) is 72.5 Å². The summed E-state index contributed by atoms with van der Waals surface area (Å²) >= 11 is 1.77. The molecule has 2 bridgehead atoms. The van der Waals surface area contributed by atoms with Crippen LogP contribution in [0.25, 0.3) is 5.57 Å². The van der Waals surface area contributed by atoms with Crippen LogP contribution in [0.3, 0.4) is 0 Å². The Morgan fingerprint density at radius 2 is 2.00 bits per heavy atom. The molecule has 3 nitrogen and oxygen atoms in total. The van der Waals surface area contributed by atoms with Crippen molar-refractivity contribution in [3.8, 4) is 0 Å². The van der Waals surface area contributed by atoms with Gasteiger partial charge in [-0.15, -0.1) is 11.3 Å². The van der Waals surface area contributed by atoms with E-state index >= 15 is 0 Å². The van der Waals surface area contributed by atoms with Crippen molar-refractivity contribution in [2.75, 3.05) is 6.61 Å². The minimum atomic E-state index is -0.653. The third-order valence-corrected chi connectivity index (χ3v) is 6.19. The van der Waals surface area contributed by atoms with Crippen molar-refractivity contribution in [3.05, 3.63) is 27.0 Å². The second-order valence-corrected chi connectivity index (χ2v) is 9.69. The highest BCUT2D eigenvalue weighted by atomic mass is 32.1. The molecule has 2 aliphatic rings. The molecule has 4 heteroatoms. The summed E-state index contributed by atoms with van der Waals surface area (Å²) in [4.78, 5) is 15.2. The van der Waals surface area contributed by atoms with Gasteiger partial charge in [0.1, 0.15) is 0 Å². The number of carbonyl (C=O) groups excluding carboxylic acids is 1. The average Bonchev–Trinajstić information content (AvgIpc) is 3.18. The summed E-state index contributed by atoms with van der Waals surface area (Å²) in [6.07, 6.45) is 5.65. The summed E-state index contributed by atoms with van der Waals surface area (Å²) in [7, 11) is 0. The molecular weight excluding hydrogens is 332 g/mol. The number of allylic oxidation sites excluding steroid dienone is 2. The van der Waals surface area contributed by atoms with Gasteiger partial charge in [0.05, 0.1) is 12.2 Å². The fraction of sp³-hybridized carbons (Fsp3) is 0.667. The molecule has 1 fully saturated rings. The molecule has 0 radical (unpaired) electrons. The summed E-state index contributed by atoms with van der Waals surface area (Å²) in [5.74, 6) is 1.09. The quantitative estimate of drug-likeness (QED) is 0.640. The monoisotopic (exact) mass is 362 g/mol. The van der Waals surface area contributed by atoms with Gasteiger partial charge in [0.15, 0.2) is 6.10 Å². The van der Waals surface area contributed by atoms with Gasteiger partial charge in [-0.1, -0.05) is 6.08 Å². The van der Waals surface area contributed by atoms with Crippen LogP contribution in [0.5, 0.6) is 0 Å². The Labute approximate surface area is 155 Å². The van der Waals surface area contributed by atoms with E-state index in [0.717, 1.165) is 11.5 Å². The lowest BCUT2D eigenvalue weighted by Crippen LogP contribution is -2.29. The van der Waals surface area contributed by atoms with E-state index < -0.39 is 11.7 Å². The maximum Gasteiger partial charge on any atom is 0.340 e. The molecule has 0 amide bonds. The molecule has 1 aromatic rings. The Morgan fingerprint density at radius 3 is 2.52 bits per heavy atom. The summed E-state index contributed by atoms with van der Waals surface area (Å²) in [5, 5.41) is 0. The molecule has 0 saturated heterocycles. The Bertz CT molecular complexity index is 693. The predicted octanol–water partition coefficient (Wildman–Crippen LogP) is 5.60. The van der Waals surface area contributed by atoms with Crippen LogP contribution < -0.4 is 0 Å². The summed E-state index contributed by atoms with van der Waals surface area (Å²) in [5.41, 5.74) is 3.33. The second-order valence-electron chi connectivity index (χ2n) is 8.26. The van der Waals surface area contributed by atoms with Crippen molar-refractivity contribution >= 4 is 22.9 Å². The van der Waals surface area contributed by atoms with Crippen molar-refractivity contribution in [1.29, 1.82) is 0 Å². The number of aryl methyl sites for hydroxylation is 2. The van der Waals surface area contributed by atoms with E-state index in [0.29, 0.717) is 12.5 Å². The number of fused-ring (bicyclic) bond motifs is 2. The first-order valence-electron chi connectivity index (χ1n) is 9.37. The molecular formula is C21H30O3S. The minimum absolute atomic E-state index is 0.275. The van der Waals surface area contributed by atoms with E-state index in [-0.39, 0.29) is 5.97 Å². The van der Waals surface area contributed by atoms with E-state index in [1.165, 1.54) is 40.2 Å². The van der Waals surface area contributed by atoms with Gasteiger partial charge in [-0.3, -0.25) is 0 Å². The minimum Gasteiger partial charge on any atom is -0.464 e. The Hall–Kier alpha value is -1.13. The van der Waals surface area contributed by atoms with Crippen molar-refractivity contribution in [3.63, 3.8) is 0 Å². The molecule has 0 spiro atoms. The van der Waals surface area contributed by atoms with E-state index in [2.05, 4.69) is 19.9 Å². The molecule has 3 unspecified atom stereocenters. The zero-order valence-corrected chi connectivity index (χ0v) is 17.1. The zero-order chi connectivity index (χ0) is 18.4. The lowest BCUT2D eigenvalue weighted by atomic mass is 9.88. The number of thiophene rings is 1. The average molecular weight is 363 g/mol. The molecule has 138 valence electrons. The Morgan fingerprint density at radius 1 is 1.28 bits per heavy atom. The van der Waals surface area contributed by atoms with Gasteiger partial charge in [0.25, 0.3) is 0 Å². The molecule has 0 aromatic carbocycles. The molecule has 0 N–H and O–H groups in total. The van der Waals surface area contributed by atoms with Crippen molar-refractivity contribution in [1.82, 2.24) is 0 Å². The Balaban J connectivity index is 2.07. The highest BCUT2D eigenvalue weighted by Crippen LogP contribution is 2.52. The summed E-state index contributed by atoms with van der Waals surface area (Å²) in [6, 6.07) is 0. The van der Waals surface area contributed by atoms with Gasteiger partial charge in [-0.2, -0.15) is 0 Å². The van der Waals surface area contributed by atoms with Crippen LogP contribution in [-0.4, -0.2) is 18.2 Å². The molecule has 3 atom stereocenters. The molecule has 2 aliphatic carbocycles. The maximum absolute atomic E-state index is 12.7. The van der Waals surface area contributed by atoms with Gasteiger partial charge < -0.3 is 9.47 Å². The largest absolute Gasteiger partial charge is 0.464 e. The zero-order valence-electron chi connectivity index (χ0n) is 16.3. The van der Waals surface area contributed by atoms with Gasteiger partial charge in [0.2, 0.25) is 0 Å². The topological polar surface area (TPSA) is 35.5 Å². The third-order valence-electron chi connectivity index (χ3n) is 5.16. The SMILES string of the molecule is CCOC(=O)C(OC(C)(C)C)c1c(C)sc(C)c1C1=CC2CCC1C2. The first-order valence-corrected chi connectivity index (χ1v) is 10.2. The number of esters is 1. The fourth-order valence-corrected chi connectivity index (χ4v) is 5.41. The van der Waals surface area contributed by atoms with Crippen LogP contribution in [0.15, 0.2) is 6.08 Å². The Kier molecular flexibility index (Phi) is 5.13. The lowest BCUT2D eigenvalue weighted by Gasteiger charge is -2.28. The van der Waals surface area contributed by atoms with Crippen molar-refractivity contribution < 1.29 is 14.3 Å². The molecule has 3 rings (SSSR count). The number of rotatable bonds is 5. The van der Waals surface area contributed by atoms with E-state index in [9.17, 15) is 4.79 Å². The van der Waals surface area contributed by atoms with Crippen LogP contribution in [0.4, 0.5) is 0 Å². The van der Waals surface area contributed by atoms with Gasteiger partial charge in [-0.05, 0) is 83.8 Å². The van der Waals surface area contributed by atoms with Crippen LogP contribution >= 0.6 is 11.3 Å². The number of hydrogen-bond acceptors (Lipinski definition) is 4. The van der Waals surface area contributed by atoms with E-state index in [1.54, 1.807) is 11.3 Å². The van der Waals surface area contributed by atoms with Crippen LogP contribution in [0.2, 0.25) is 0 Å². The maximum atomic E-state index is 12.7. The summed E-state index contributed by atoms with van der Waals surface area (Å²) in [6.45, 7) is 12.5. The second kappa shape index (κ2) is 6.88. The van der Waals surface area contributed by atoms with E-state index in [1.807, 2.05) is 27.7 Å². The molecule has 1 heterocycles. The fourth-order valence-electron chi connectivity index (χ4n) is 4.30. The van der Waals surface area contributed by atoms with Gasteiger partial charge in [0, 0.05) is 15.3 Å².